The fraction of sp³-hybridized carbons (Fsp3) is 0.233. The van der Waals surface area contributed by atoms with Crippen LogP contribution in [0.4, 0.5) is 0 Å². The van der Waals surface area contributed by atoms with Crippen LogP contribution in [0.2, 0.25) is 0 Å². The maximum Gasteiger partial charge on any atom is 0.362 e. The molecular weight excluding hydrogens is 587 g/mol. The Morgan fingerprint density at radius 1 is 0.818 bits per heavy atom. The molecule has 2 N–H and O–H groups in total. The summed E-state index contributed by atoms with van der Waals surface area (Å²) in [5, 5.41) is 23.6. The van der Waals surface area contributed by atoms with E-state index in [0.717, 1.165) is 27.6 Å². The van der Waals surface area contributed by atoms with Crippen LogP contribution in [-0.2, 0) is 51.3 Å². The topological polar surface area (TPSA) is 163 Å². The van der Waals surface area contributed by atoms with Crippen molar-refractivity contribution in [2.24, 2.45) is 0 Å². The molecule has 3 aromatic carbocycles. The van der Waals surface area contributed by atoms with E-state index in [1.807, 2.05) is 91.0 Å². The molecule has 0 saturated carbocycles. The van der Waals surface area contributed by atoms with Gasteiger partial charge in [0.2, 0.25) is 0 Å². The van der Waals surface area contributed by atoms with Crippen LogP contribution < -0.4 is 11.2 Å². The van der Waals surface area contributed by atoms with Crippen molar-refractivity contribution in [3.05, 3.63) is 147 Å². The van der Waals surface area contributed by atoms with Gasteiger partial charge in [-0.1, -0.05) is 96.2 Å². The first-order chi connectivity index (χ1) is 21.4. The van der Waals surface area contributed by atoms with Gasteiger partial charge < -0.3 is 18.9 Å². The van der Waals surface area contributed by atoms with Crippen molar-refractivity contribution < 1.29 is 23.5 Å². The first kappa shape index (κ1) is 30.9. The molecule has 0 radical (unpaired) electrons. The highest BCUT2D eigenvalue weighted by atomic mass is 31.2. The maximum absolute atomic E-state index is 14.3. The van der Waals surface area contributed by atoms with Crippen LogP contribution in [0.25, 0.3) is 0 Å². The summed E-state index contributed by atoms with van der Waals surface area (Å²) in [6.45, 7) is -0.180. The van der Waals surface area contributed by atoms with Crippen molar-refractivity contribution in [1.29, 1.82) is 0 Å². The number of rotatable bonds is 15. The van der Waals surface area contributed by atoms with Gasteiger partial charge in [-0.25, -0.2) is 14.2 Å². The zero-order valence-electron chi connectivity index (χ0n) is 23.6. The summed E-state index contributed by atoms with van der Waals surface area (Å²) in [5.74, 6) is -1.71. The number of nitrogens with zero attached hydrogens (tertiary/aromatic N) is 5. The van der Waals surface area contributed by atoms with Crippen molar-refractivity contribution >= 4 is 7.60 Å². The van der Waals surface area contributed by atoms with Gasteiger partial charge in [-0.05, 0) is 16.7 Å². The van der Waals surface area contributed by atoms with Gasteiger partial charge in [0.15, 0.2) is 5.85 Å². The van der Waals surface area contributed by atoms with E-state index in [2.05, 4.69) is 20.4 Å². The van der Waals surface area contributed by atoms with E-state index in [0.29, 0.717) is 5.69 Å². The molecule has 14 heteroatoms. The molecule has 228 valence electrons. The Morgan fingerprint density at radius 2 is 1.36 bits per heavy atom. The summed E-state index contributed by atoms with van der Waals surface area (Å²) in [5.41, 5.74) is 1.37. The summed E-state index contributed by atoms with van der Waals surface area (Å²) < 4.78 is 34.6. The second kappa shape index (κ2) is 14.8. The van der Waals surface area contributed by atoms with Crippen LogP contribution in [0.15, 0.2) is 113 Å². The van der Waals surface area contributed by atoms with E-state index < -0.39 is 30.8 Å². The van der Waals surface area contributed by atoms with Crippen LogP contribution in [0.5, 0.6) is 0 Å². The Balaban J connectivity index is 1.38. The molecule has 0 aliphatic heterocycles. The molecule has 0 aliphatic rings. The summed E-state index contributed by atoms with van der Waals surface area (Å²) >= 11 is 0. The van der Waals surface area contributed by atoms with Crippen molar-refractivity contribution in [3.8, 4) is 0 Å². The molecule has 5 aromatic rings. The highest BCUT2D eigenvalue weighted by Gasteiger charge is 2.42. The lowest BCUT2D eigenvalue weighted by molar-refractivity contribution is -0.0384. The molecular formula is C30H31N6O7P. The number of ether oxygens (including phenoxy) is 1. The number of aromatic nitrogens is 6. The maximum atomic E-state index is 14.3. The zero-order chi connectivity index (χ0) is 30.8. The number of hydrogen-bond donors (Lipinski definition) is 2. The second-order valence-corrected chi connectivity index (χ2v) is 12.0. The van der Waals surface area contributed by atoms with E-state index in [4.69, 9.17) is 13.8 Å². The number of aromatic amines is 1. The number of hydrogen-bond acceptors (Lipinski definition) is 10. The van der Waals surface area contributed by atoms with Gasteiger partial charge in [0.25, 0.3) is 5.56 Å². The van der Waals surface area contributed by atoms with Crippen molar-refractivity contribution in [3.63, 3.8) is 0 Å². The van der Waals surface area contributed by atoms with E-state index in [1.54, 1.807) is 0 Å². The number of nitrogens with one attached hydrogen (secondary N) is 1. The molecule has 44 heavy (non-hydrogen) atoms. The molecule has 2 heterocycles. The average Bonchev–Trinajstić information content (AvgIpc) is 3.50. The Kier molecular flexibility index (Phi) is 10.4. The van der Waals surface area contributed by atoms with Crippen LogP contribution in [0.3, 0.4) is 0 Å². The molecule has 0 spiro atoms. The van der Waals surface area contributed by atoms with E-state index in [-0.39, 0.29) is 32.9 Å². The average molecular weight is 619 g/mol. The van der Waals surface area contributed by atoms with Crippen molar-refractivity contribution in [1.82, 2.24) is 29.8 Å². The van der Waals surface area contributed by atoms with E-state index in [1.165, 1.54) is 10.9 Å². The monoisotopic (exact) mass is 618 g/mol. The molecule has 0 bridgehead atoms. The number of H-pyrrole nitrogens is 1. The van der Waals surface area contributed by atoms with Gasteiger partial charge in [0.1, 0.15) is 18.0 Å². The molecule has 13 nitrogen and oxygen atoms in total. The minimum absolute atomic E-state index is 0.0629. The minimum atomic E-state index is -4.24. The lowest BCUT2D eigenvalue weighted by Crippen LogP contribution is -2.34. The summed E-state index contributed by atoms with van der Waals surface area (Å²) in [7, 11) is -4.24. The number of aliphatic hydroxyl groups excluding tert-OH is 1. The minimum Gasteiger partial charge on any atom is -0.378 e. The first-order valence-corrected chi connectivity index (χ1v) is 15.3. The zero-order valence-corrected chi connectivity index (χ0v) is 24.5. The third-order valence-electron chi connectivity index (χ3n) is 6.52. The standard InChI is InChI=1S/C30H31N6O7P/c37-28-16-31-36(30(39)32-28)18-26-17-35(34-33-26)19-27(41-20-23-10-4-1-5-11-23)29(38)44(40,42-21-24-12-6-2-7-13-24)43-22-25-14-8-3-9-15-25/h1-17,27,29,38H,18-22H2,(H,32,37,39)/t27-,29-/m0/s1. The smallest absolute Gasteiger partial charge is 0.362 e. The van der Waals surface area contributed by atoms with Crippen molar-refractivity contribution in [2.75, 3.05) is 0 Å². The molecule has 5 rings (SSSR count). The summed E-state index contributed by atoms with van der Waals surface area (Å²) in [4.78, 5) is 25.5. The normalized spacial score (nSPS) is 13.0. The lowest BCUT2D eigenvalue weighted by atomic mass is 10.2. The molecule has 0 amide bonds. The Labute approximate surface area is 252 Å². The van der Waals surface area contributed by atoms with Gasteiger partial charge >= 0.3 is 13.3 Å². The van der Waals surface area contributed by atoms with Crippen LogP contribution in [0.1, 0.15) is 22.4 Å². The highest BCUT2D eigenvalue weighted by molar-refractivity contribution is 7.54. The van der Waals surface area contributed by atoms with Crippen LogP contribution in [0, 0.1) is 0 Å². The predicted molar refractivity (Wildman–Crippen MR) is 159 cm³/mol. The third kappa shape index (κ3) is 8.53. The van der Waals surface area contributed by atoms with Crippen molar-refractivity contribution in [2.45, 2.75) is 44.9 Å². The molecule has 0 fully saturated rings. The van der Waals surface area contributed by atoms with Crippen LogP contribution >= 0.6 is 7.60 Å². The van der Waals surface area contributed by atoms with Gasteiger partial charge in [0.05, 0.1) is 39.1 Å². The summed E-state index contributed by atoms with van der Waals surface area (Å²) in [6, 6.07) is 27.6. The van der Waals surface area contributed by atoms with Crippen LogP contribution in [-0.4, -0.2) is 46.8 Å². The highest BCUT2D eigenvalue weighted by Crippen LogP contribution is 2.55. The Hall–Kier alpha value is -4.52. The van der Waals surface area contributed by atoms with E-state index in [9.17, 15) is 19.3 Å². The molecule has 0 unspecified atom stereocenters. The molecule has 2 aromatic heterocycles. The fourth-order valence-corrected chi connectivity index (χ4v) is 5.83. The summed E-state index contributed by atoms with van der Waals surface area (Å²) in [6.07, 6.45) is 1.40. The Morgan fingerprint density at radius 3 is 1.91 bits per heavy atom. The molecule has 0 aliphatic carbocycles. The third-order valence-corrected chi connectivity index (χ3v) is 8.47. The van der Waals surface area contributed by atoms with Gasteiger partial charge in [-0.2, -0.15) is 5.10 Å². The quantitative estimate of drug-likeness (QED) is 0.167. The SMILES string of the molecule is O=c1cnn(Cc2cn(C[C@H](OCc3ccccc3)[C@@H](O)P(=O)(OCc3ccccc3)OCc3ccccc3)nn2)c(=O)[nH]1. The molecule has 2 atom stereocenters. The van der Waals surface area contributed by atoms with Gasteiger partial charge in [0, 0.05) is 0 Å². The van der Waals surface area contributed by atoms with Gasteiger partial charge in [-0.15, -0.1) is 5.10 Å². The second-order valence-electron chi connectivity index (χ2n) is 9.84. The predicted octanol–water partition coefficient (Wildman–Crippen LogP) is 3.10. The fourth-order valence-electron chi connectivity index (χ4n) is 4.21. The van der Waals surface area contributed by atoms with E-state index >= 15 is 0 Å². The lowest BCUT2D eigenvalue weighted by Gasteiger charge is -2.29. The Bertz CT molecular complexity index is 1730. The van der Waals surface area contributed by atoms with Gasteiger partial charge in [-0.3, -0.25) is 14.3 Å². The number of aliphatic hydroxyl groups is 1. The molecule has 0 saturated heterocycles. The largest absolute Gasteiger partial charge is 0.378 e. The number of benzene rings is 3. The first-order valence-electron chi connectivity index (χ1n) is 13.7.